The Balaban J connectivity index is 3.15. The number of carbonyl (C=O) groups excluding carboxylic acids is 1. The first-order valence-corrected chi connectivity index (χ1v) is 8.13. The average Bonchev–Trinajstić information content (AvgIpc) is 2.30. The molecule has 0 bridgehead atoms. The fourth-order valence-corrected chi connectivity index (χ4v) is 3.10. The van der Waals surface area contributed by atoms with Crippen molar-refractivity contribution in [2.45, 2.75) is 24.8 Å². The zero-order valence-electron chi connectivity index (χ0n) is 11.4. The molecule has 0 spiro atoms. The van der Waals surface area contributed by atoms with Gasteiger partial charge in [-0.15, -0.1) is 0 Å². The van der Waals surface area contributed by atoms with Crippen molar-refractivity contribution in [3.63, 3.8) is 0 Å². The number of primary sulfonamides is 1. The van der Waals surface area contributed by atoms with Gasteiger partial charge in [-0.2, -0.15) is 0 Å². The third kappa shape index (κ3) is 4.27. The van der Waals surface area contributed by atoms with E-state index in [4.69, 9.17) is 9.88 Å². The van der Waals surface area contributed by atoms with Gasteiger partial charge >= 0.3 is 0 Å². The lowest BCUT2D eigenvalue weighted by molar-refractivity contribution is 0.0905. The molecule has 8 heteroatoms. The fourth-order valence-electron chi connectivity index (χ4n) is 1.68. The van der Waals surface area contributed by atoms with Crippen LogP contribution in [0.4, 0.5) is 0 Å². The topological polar surface area (TPSA) is 98.5 Å². The van der Waals surface area contributed by atoms with Crippen LogP contribution >= 0.6 is 15.9 Å². The molecule has 0 fully saturated rings. The largest absolute Gasteiger partial charge is 0.383 e. The van der Waals surface area contributed by atoms with Gasteiger partial charge in [-0.25, -0.2) is 13.6 Å². The molecule has 0 aliphatic carbocycles. The number of hydrogen-bond donors (Lipinski definition) is 2. The highest BCUT2D eigenvalue weighted by Gasteiger charge is 2.18. The second kappa shape index (κ2) is 6.66. The molecule has 1 aromatic rings. The summed E-state index contributed by atoms with van der Waals surface area (Å²) in [5, 5.41) is 7.85. The Hall–Kier alpha value is -0.960. The third-order valence-electron chi connectivity index (χ3n) is 2.66. The second-order valence-electron chi connectivity index (χ2n) is 4.46. The molecule has 0 heterocycles. The summed E-state index contributed by atoms with van der Waals surface area (Å²) in [5.74, 6) is -0.389. The van der Waals surface area contributed by atoms with E-state index in [0.29, 0.717) is 16.6 Å². The van der Waals surface area contributed by atoms with Gasteiger partial charge in [0.25, 0.3) is 5.91 Å². The zero-order chi connectivity index (χ0) is 15.5. The Labute approximate surface area is 126 Å². The molecule has 3 N–H and O–H groups in total. The maximum atomic E-state index is 12.0. The standard InChI is InChI=1S/C12H17BrN2O4S/c1-7(6-19-3)15-12(16)9-4-10(13)8(2)11(5-9)20(14,17)18/h4-5,7H,6H2,1-3H3,(H,15,16)(H2,14,17,18). The summed E-state index contributed by atoms with van der Waals surface area (Å²) in [4.78, 5) is 12.0. The van der Waals surface area contributed by atoms with Gasteiger partial charge in [0.1, 0.15) is 0 Å². The Morgan fingerprint density at radius 3 is 2.60 bits per heavy atom. The van der Waals surface area contributed by atoms with Crippen molar-refractivity contribution in [2.24, 2.45) is 5.14 Å². The molecule has 0 radical (unpaired) electrons. The lowest BCUT2D eigenvalue weighted by atomic mass is 10.1. The summed E-state index contributed by atoms with van der Waals surface area (Å²) in [7, 11) is -2.35. The van der Waals surface area contributed by atoms with Crippen LogP contribution < -0.4 is 10.5 Å². The maximum Gasteiger partial charge on any atom is 0.251 e. The number of nitrogens with one attached hydrogen (secondary N) is 1. The minimum absolute atomic E-state index is 0.0728. The van der Waals surface area contributed by atoms with Gasteiger partial charge in [0.2, 0.25) is 10.0 Å². The Morgan fingerprint density at radius 1 is 1.50 bits per heavy atom. The quantitative estimate of drug-likeness (QED) is 0.818. The van der Waals surface area contributed by atoms with E-state index in [1.54, 1.807) is 19.9 Å². The number of amides is 1. The molecule has 0 aliphatic heterocycles. The molecular weight excluding hydrogens is 348 g/mol. The van der Waals surface area contributed by atoms with Gasteiger partial charge in [0.05, 0.1) is 11.5 Å². The Morgan fingerprint density at radius 2 is 2.10 bits per heavy atom. The SMILES string of the molecule is COCC(C)NC(=O)c1cc(Br)c(C)c(S(N)(=O)=O)c1. The normalized spacial score (nSPS) is 13.1. The van der Waals surface area contributed by atoms with Crippen LogP contribution in [0.2, 0.25) is 0 Å². The molecule has 20 heavy (non-hydrogen) atoms. The zero-order valence-corrected chi connectivity index (χ0v) is 13.8. The second-order valence-corrected chi connectivity index (χ2v) is 6.84. The maximum absolute atomic E-state index is 12.0. The molecule has 112 valence electrons. The summed E-state index contributed by atoms with van der Waals surface area (Å²) in [5.41, 5.74) is 0.684. The van der Waals surface area contributed by atoms with Crippen molar-refractivity contribution >= 4 is 31.9 Å². The van der Waals surface area contributed by atoms with E-state index in [9.17, 15) is 13.2 Å². The number of hydrogen-bond acceptors (Lipinski definition) is 4. The molecule has 0 saturated heterocycles. The summed E-state index contributed by atoms with van der Waals surface area (Å²) in [6, 6.07) is 2.63. The number of benzene rings is 1. The number of ether oxygens (including phenoxy) is 1. The lowest BCUT2D eigenvalue weighted by Gasteiger charge is -2.14. The fraction of sp³-hybridized carbons (Fsp3) is 0.417. The van der Waals surface area contributed by atoms with Crippen LogP contribution in [0.1, 0.15) is 22.8 Å². The minimum Gasteiger partial charge on any atom is -0.383 e. The van der Waals surface area contributed by atoms with Gasteiger partial charge in [-0.1, -0.05) is 15.9 Å². The first-order chi connectivity index (χ1) is 9.16. The average molecular weight is 365 g/mol. The van der Waals surface area contributed by atoms with Crippen LogP contribution in [0.15, 0.2) is 21.5 Å². The first kappa shape index (κ1) is 17.1. The van der Waals surface area contributed by atoms with E-state index in [1.807, 2.05) is 0 Å². The van der Waals surface area contributed by atoms with Crippen LogP contribution in [0.3, 0.4) is 0 Å². The van der Waals surface area contributed by atoms with Crippen LogP contribution in [-0.4, -0.2) is 34.1 Å². The number of sulfonamides is 1. The highest BCUT2D eigenvalue weighted by Crippen LogP contribution is 2.25. The molecule has 0 aliphatic rings. The molecule has 1 amide bonds. The molecule has 0 aromatic heterocycles. The molecule has 0 saturated carbocycles. The van der Waals surface area contributed by atoms with Gasteiger partial charge in [0, 0.05) is 23.2 Å². The van der Waals surface area contributed by atoms with Crippen LogP contribution in [0, 0.1) is 6.92 Å². The van der Waals surface area contributed by atoms with E-state index >= 15 is 0 Å². The lowest BCUT2D eigenvalue weighted by Crippen LogP contribution is -2.35. The van der Waals surface area contributed by atoms with Crippen molar-refractivity contribution in [3.8, 4) is 0 Å². The van der Waals surface area contributed by atoms with E-state index in [-0.39, 0.29) is 22.4 Å². The molecule has 1 atom stereocenters. The predicted octanol–water partition coefficient (Wildman–Crippen LogP) is 1.17. The summed E-state index contributed by atoms with van der Waals surface area (Å²) < 4.78 is 28.5. The van der Waals surface area contributed by atoms with Crippen molar-refractivity contribution in [1.29, 1.82) is 0 Å². The van der Waals surface area contributed by atoms with E-state index in [0.717, 1.165) is 0 Å². The van der Waals surface area contributed by atoms with Gasteiger partial charge in [-0.05, 0) is 31.5 Å². The molecule has 1 aromatic carbocycles. The number of nitrogens with two attached hydrogens (primary N) is 1. The van der Waals surface area contributed by atoms with Gasteiger partial charge < -0.3 is 10.1 Å². The molecule has 6 nitrogen and oxygen atoms in total. The van der Waals surface area contributed by atoms with Crippen molar-refractivity contribution in [3.05, 3.63) is 27.7 Å². The summed E-state index contributed by atoms with van der Waals surface area (Å²) >= 11 is 3.23. The highest BCUT2D eigenvalue weighted by atomic mass is 79.9. The number of carbonyl (C=O) groups is 1. The first-order valence-electron chi connectivity index (χ1n) is 5.79. The van der Waals surface area contributed by atoms with E-state index < -0.39 is 10.0 Å². The molecule has 1 rings (SSSR count). The van der Waals surface area contributed by atoms with Crippen LogP contribution in [-0.2, 0) is 14.8 Å². The smallest absolute Gasteiger partial charge is 0.251 e. The summed E-state index contributed by atoms with van der Waals surface area (Å²) in [6.45, 7) is 3.76. The van der Waals surface area contributed by atoms with Crippen LogP contribution in [0.5, 0.6) is 0 Å². The van der Waals surface area contributed by atoms with Gasteiger partial charge in [0.15, 0.2) is 0 Å². The molecule has 1 unspecified atom stereocenters. The van der Waals surface area contributed by atoms with Crippen molar-refractivity contribution < 1.29 is 17.9 Å². The van der Waals surface area contributed by atoms with Crippen molar-refractivity contribution in [2.75, 3.05) is 13.7 Å². The minimum atomic E-state index is -3.89. The predicted molar refractivity (Wildman–Crippen MR) is 79.1 cm³/mol. The monoisotopic (exact) mass is 364 g/mol. The number of halogens is 1. The number of rotatable bonds is 5. The Bertz CT molecular complexity index is 616. The van der Waals surface area contributed by atoms with E-state index in [1.165, 1.54) is 13.2 Å². The third-order valence-corrected chi connectivity index (χ3v) is 4.52. The van der Waals surface area contributed by atoms with Crippen molar-refractivity contribution in [1.82, 2.24) is 5.32 Å². The number of methoxy groups -OCH3 is 1. The Kier molecular flexibility index (Phi) is 5.69. The molecular formula is C12H17BrN2O4S. The van der Waals surface area contributed by atoms with Gasteiger partial charge in [-0.3, -0.25) is 4.79 Å². The highest BCUT2D eigenvalue weighted by molar-refractivity contribution is 9.10. The van der Waals surface area contributed by atoms with Crippen LogP contribution in [0.25, 0.3) is 0 Å². The summed E-state index contributed by atoms with van der Waals surface area (Å²) in [6.07, 6.45) is 0. The van der Waals surface area contributed by atoms with E-state index in [2.05, 4.69) is 21.2 Å².